The number of rotatable bonds is 5. The first-order chi connectivity index (χ1) is 10.7. The number of piperazine rings is 1. The van der Waals surface area contributed by atoms with Gasteiger partial charge in [-0.2, -0.15) is 4.98 Å². The Labute approximate surface area is 157 Å². The van der Waals surface area contributed by atoms with Gasteiger partial charge < -0.3 is 16.4 Å². The minimum Gasteiger partial charge on any atom is -0.368 e. The zero-order valence-corrected chi connectivity index (χ0v) is 16.0. The van der Waals surface area contributed by atoms with E-state index in [0.29, 0.717) is 17.9 Å². The van der Waals surface area contributed by atoms with E-state index in [9.17, 15) is 0 Å². The highest BCUT2D eigenvalue weighted by molar-refractivity contribution is 5.85. The van der Waals surface area contributed by atoms with Crippen molar-refractivity contribution in [2.24, 2.45) is 5.73 Å². The molecule has 24 heavy (non-hydrogen) atoms. The highest BCUT2D eigenvalue weighted by Gasteiger charge is 2.29. The van der Waals surface area contributed by atoms with E-state index >= 15 is 0 Å². The van der Waals surface area contributed by atoms with Crippen LogP contribution in [0.1, 0.15) is 44.2 Å². The highest BCUT2D eigenvalue weighted by Crippen LogP contribution is 2.35. The first kappa shape index (κ1) is 21.2. The predicted molar refractivity (Wildman–Crippen MR) is 104 cm³/mol. The normalized spacial score (nSPS) is 23.8. The van der Waals surface area contributed by atoms with Crippen LogP contribution in [0.15, 0.2) is 6.07 Å². The lowest BCUT2D eigenvalue weighted by Gasteiger charge is -2.36. The average molecular weight is 377 g/mol. The van der Waals surface area contributed by atoms with Gasteiger partial charge in [-0.25, -0.2) is 4.98 Å². The van der Waals surface area contributed by atoms with E-state index in [4.69, 9.17) is 11.5 Å². The number of aromatic nitrogens is 2. The van der Waals surface area contributed by atoms with Gasteiger partial charge >= 0.3 is 0 Å². The smallest absolute Gasteiger partial charge is 0.222 e. The zero-order chi connectivity index (χ0) is 15.5. The van der Waals surface area contributed by atoms with E-state index in [0.717, 1.165) is 50.5 Å². The second-order valence-corrected chi connectivity index (χ2v) is 6.62. The summed E-state index contributed by atoms with van der Waals surface area (Å²) in [4.78, 5) is 13.7. The molecule has 0 atom stereocenters. The van der Waals surface area contributed by atoms with Crippen LogP contribution >= 0.6 is 24.8 Å². The lowest BCUT2D eigenvalue weighted by Crippen LogP contribution is -2.47. The van der Waals surface area contributed by atoms with E-state index in [2.05, 4.69) is 32.8 Å². The van der Waals surface area contributed by atoms with Gasteiger partial charge in [0.25, 0.3) is 0 Å². The Bertz CT molecular complexity index is 501. The lowest BCUT2D eigenvalue weighted by atomic mass is 9.78. The summed E-state index contributed by atoms with van der Waals surface area (Å²) in [6.07, 6.45) is 4.57. The zero-order valence-electron chi connectivity index (χ0n) is 14.4. The second kappa shape index (κ2) is 9.61. The minimum atomic E-state index is 0. The Kier molecular flexibility index (Phi) is 8.50. The number of nitrogens with two attached hydrogens (primary N) is 2. The third-order valence-corrected chi connectivity index (χ3v) is 4.87. The molecular formula is C16H30Cl2N6. The summed E-state index contributed by atoms with van der Waals surface area (Å²) >= 11 is 0. The van der Waals surface area contributed by atoms with Gasteiger partial charge in [0.15, 0.2) is 0 Å². The predicted octanol–water partition coefficient (Wildman–Crippen LogP) is 2.03. The SMILES string of the molecule is CCCCN1CCN(c2cc(C3CC(N)C3)nc(N)n2)CC1.Cl.Cl. The van der Waals surface area contributed by atoms with E-state index in [1.54, 1.807) is 0 Å². The molecule has 1 aliphatic carbocycles. The topological polar surface area (TPSA) is 84.3 Å². The van der Waals surface area contributed by atoms with Crippen LogP contribution < -0.4 is 16.4 Å². The van der Waals surface area contributed by atoms with E-state index in [1.165, 1.54) is 19.4 Å². The molecule has 2 fully saturated rings. The molecule has 2 aliphatic rings. The van der Waals surface area contributed by atoms with Gasteiger partial charge in [0.1, 0.15) is 5.82 Å². The van der Waals surface area contributed by atoms with Crippen LogP contribution in [0.2, 0.25) is 0 Å². The number of anilines is 2. The Balaban J connectivity index is 0.00000144. The van der Waals surface area contributed by atoms with Gasteiger partial charge in [-0.15, -0.1) is 24.8 Å². The van der Waals surface area contributed by atoms with Crippen LogP contribution in [-0.4, -0.2) is 53.6 Å². The van der Waals surface area contributed by atoms with Crippen LogP contribution in [0, 0.1) is 0 Å². The monoisotopic (exact) mass is 376 g/mol. The highest BCUT2D eigenvalue weighted by atomic mass is 35.5. The molecule has 1 aliphatic heterocycles. The van der Waals surface area contributed by atoms with Gasteiger partial charge in [0.05, 0.1) is 5.69 Å². The van der Waals surface area contributed by atoms with Gasteiger partial charge in [-0.05, 0) is 25.8 Å². The molecule has 1 saturated heterocycles. The average Bonchev–Trinajstić information content (AvgIpc) is 2.49. The third kappa shape index (κ3) is 5.09. The van der Waals surface area contributed by atoms with Crippen molar-refractivity contribution in [2.75, 3.05) is 43.4 Å². The van der Waals surface area contributed by atoms with E-state index < -0.39 is 0 Å². The number of hydrogen-bond acceptors (Lipinski definition) is 6. The molecule has 0 unspecified atom stereocenters. The molecule has 138 valence electrons. The number of unbranched alkanes of at least 4 members (excludes halogenated alkanes) is 1. The first-order valence-corrected chi connectivity index (χ1v) is 8.53. The molecule has 3 rings (SSSR count). The lowest BCUT2D eigenvalue weighted by molar-refractivity contribution is 0.253. The molecule has 1 saturated carbocycles. The fourth-order valence-corrected chi connectivity index (χ4v) is 3.33. The van der Waals surface area contributed by atoms with Crippen molar-refractivity contribution >= 4 is 36.6 Å². The summed E-state index contributed by atoms with van der Waals surface area (Å²) in [7, 11) is 0. The first-order valence-electron chi connectivity index (χ1n) is 8.53. The minimum absolute atomic E-state index is 0. The molecule has 1 aromatic rings. The summed E-state index contributed by atoms with van der Waals surface area (Å²) in [6.45, 7) is 7.70. The maximum atomic E-state index is 5.92. The summed E-state index contributed by atoms with van der Waals surface area (Å²) in [6, 6.07) is 2.45. The van der Waals surface area contributed by atoms with Crippen LogP contribution in [0.25, 0.3) is 0 Å². The molecule has 0 radical (unpaired) electrons. The largest absolute Gasteiger partial charge is 0.368 e. The number of halogens is 2. The molecule has 8 heteroatoms. The van der Waals surface area contributed by atoms with Crippen molar-refractivity contribution in [2.45, 2.75) is 44.6 Å². The maximum Gasteiger partial charge on any atom is 0.222 e. The van der Waals surface area contributed by atoms with Gasteiger partial charge in [-0.3, -0.25) is 4.90 Å². The van der Waals surface area contributed by atoms with Crippen molar-refractivity contribution in [3.8, 4) is 0 Å². The number of hydrogen-bond donors (Lipinski definition) is 2. The number of nitrogen functional groups attached to an aromatic ring is 1. The molecule has 2 heterocycles. The van der Waals surface area contributed by atoms with Crippen molar-refractivity contribution in [1.29, 1.82) is 0 Å². The van der Waals surface area contributed by atoms with Crippen LogP contribution in [0.5, 0.6) is 0 Å². The summed E-state index contributed by atoms with van der Waals surface area (Å²) in [5.74, 6) is 1.84. The summed E-state index contributed by atoms with van der Waals surface area (Å²) < 4.78 is 0. The fourth-order valence-electron chi connectivity index (χ4n) is 3.33. The molecule has 0 bridgehead atoms. The Hall–Kier alpha value is -0.820. The van der Waals surface area contributed by atoms with Crippen LogP contribution in [0.4, 0.5) is 11.8 Å². The third-order valence-electron chi connectivity index (χ3n) is 4.87. The van der Waals surface area contributed by atoms with Crippen LogP contribution in [0.3, 0.4) is 0 Å². The van der Waals surface area contributed by atoms with Gasteiger partial charge in [0, 0.05) is 44.2 Å². The van der Waals surface area contributed by atoms with Crippen molar-refractivity contribution in [3.05, 3.63) is 11.8 Å². The van der Waals surface area contributed by atoms with Crippen molar-refractivity contribution in [1.82, 2.24) is 14.9 Å². The summed E-state index contributed by atoms with van der Waals surface area (Å²) in [5.41, 5.74) is 12.9. The van der Waals surface area contributed by atoms with Crippen molar-refractivity contribution in [3.63, 3.8) is 0 Å². The quantitative estimate of drug-likeness (QED) is 0.817. The summed E-state index contributed by atoms with van der Waals surface area (Å²) in [5, 5.41) is 0. The molecule has 6 nitrogen and oxygen atoms in total. The Morgan fingerprint density at radius 1 is 1.12 bits per heavy atom. The molecule has 4 N–H and O–H groups in total. The molecule has 1 aromatic heterocycles. The molecule has 0 aromatic carbocycles. The van der Waals surface area contributed by atoms with E-state index in [-0.39, 0.29) is 24.8 Å². The number of nitrogens with zero attached hydrogens (tertiary/aromatic N) is 4. The van der Waals surface area contributed by atoms with Gasteiger partial charge in [-0.1, -0.05) is 13.3 Å². The molecule has 0 amide bonds. The van der Waals surface area contributed by atoms with E-state index in [1.807, 2.05) is 0 Å². The second-order valence-electron chi connectivity index (χ2n) is 6.62. The maximum absolute atomic E-state index is 5.92. The Morgan fingerprint density at radius 2 is 1.79 bits per heavy atom. The molecule has 0 spiro atoms. The van der Waals surface area contributed by atoms with Crippen LogP contribution in [-0.2, 0) is 0 Å². The molecular weight excluding hydrogens is 347 g/mol. The standard InChI is InChI=1S/C16H28N6.2ClH/c1-2-3-4-21-5-7-22(8-6-21)15-11-14(19-16(18)20-15)12-9-13(17)10-12;;/h11-13H,2-10,17H2,1H3,(H2,18,19,20);2*1H. The van der Waals surface area contributed by atoms with Crippen molar-refractivity contribution < 1.29 is 0 Å². The van der Waals surface area contributed by atoms with Gasteiger partial charge in [0.2, 0.25) is 5.95 Å². The fraction of sp³-hybridized carbons (Fsp3) is 0.750. The Morgan fingerprint density at radius 3 is 2.38 bits per heavy atom.